The zero-order chi connectivity index (χ0) is 13.7. The van der Waals surface area contributed by atoms with Gasteiger partial charge in [-0.05, 0) is 12.1 Å². The third kappa shape index (κ3) is 3.94. The molecule has 0 N–H and O–H groups in total. The van der Waals surface area contributed by atoms with Gasteiger partial charge in [-0.1, -0.05) is 23.7 Å². The molecule has 0 atom stereocenters. The molecule has 0 radical (unpaired) electrons. The summed E-state index contributed by atoms with van der Waals surface area (Å²) in [6.45, 7) is 0. The van der Waals surface area contributed by atoms with Crippen LogP contribution >= 0.6 is 34.7 Å². The molecule has 1 heterocycles. The predicted octanol–water partition coefficient (Wildman–Crippen LogP) is 4.38. The van der Waals surface area contributed by atoms with Crippen LogP contribution in [0.5, 0.6) is 0 Å². The average molecular weight is 316 g/mol. The number of hydrogen-bond donors (Lipinski definition) is 0. The summed E-state index contributed by atoms with van der Waals surface area (Å²) in [4.78, 5) is 5.57. The van der Waals surface area contributed by atoms with E-state index in [1.54, 1.807) is 37.3 Å². The van der Waals surface area contributed by atoms with Crippen molar-refractivity contribution in [2.24, 2.45) is 0 Å². The molecule has 0 saturated heterocycles. The van der Waals surface area contributed by atoms with Crippen molar-refractivity contribution in [1.82, 2.24) is 4.98 Å². The minimum Gasteiger partial charge on any atom is -0.350 e. The van der Waals surface area contributed by atoms with Gasteiger partial charge in [-0.2, -0.15) is 0 Å². The molecule has 2 aromatic rings. The van der Waals surface area contributed by atoms with E-state index >= 15 is 0 Å². The van der Waals surface area contributed by atoms with Crippen LogP contribution in [0.2, 0.25) is 5.02 Å². The highest BCUT2D eigenvalue weighted by Crippen LogP contribution is 2.31. The van der Waals surface area contributed by atoms with Crippen LogP contribution in [0, 0.1) is 0 Å². The van der Waals surface area contributed by atoms with Crippen LogP contribution in [0.3, 0.4) is 0 Å². The lowest BCUT2D eigenvalue weighted by Crippen LogP contribution is -2.03. The number of nitrogens with zero attached hydrogens (tertiary/aromatic N) is 1. The van der Waals surface area contributed by atoms with E-state index in [4.69, 9.17) is 21.1 Å². The number of ether oxygens (including phenoxy) is 2. The van der Waals surface area contributed by atoms with Gasteiger partial charge in [-0.25, -0.2) is 4.98 Å². The van der Waals surface area contributed by atoms with Gasteiger partial charge in [0.25, 0.3) is 0 Å². The molecule has 0 aliphatic rings. The Morgan fingerprint density at radius 1 is 1.32 bits per heavy atom. The fourth-order valence-electron chi connectivity index (χ4n) is 1.54. The normalized spacial score (nSPS) is 11.2. The molecule has 0 aliphatic carbocycles. The standard InChI is InChI=1S/C13H14ClNO2S2/c1-16-13(17-2)10-7-19-12(15-10)8-18-11-6-4-3-5-9(11)14/h3-7,13H,8H2,1-2H3. The summed E-state index contributed by atoms with van der Waals surface area (Å²) in [5.41, 5.74) is 0.810. The monoisotopic (exact) mass is 315 g/mol. The highest BCUT2D eigenvalue weighted by molar-refractivity contribution is 7.98. The molecular weight excluding hydrogens is 302 g/mol. The first-order chi connectivity index (χ1) is 9.24. The highest BCUT2D eigenvalue weighted by atomic mass is 35.5. The fourth-order valence-corrected chi connectivity index (χ4v) is 3.59. The molecule has 0 fully saturated rings. The van der Waals surface area contributed by atoms with E-state index in [2.05, 4.69) is 4.98 Å². The van der Waals surface area contributed by atoms with Crippen LogP contribution in [0.4, 0.5) is 0 Å². The Morgan fingerprint density at radius 3 is 2.74 bits per heavy atom. The quantitative estimate of drug-likeness (QED) is 0.585. The molecule has 0 amide bonds. The average Bonchev–Trinajstić information content (AvgIpc) is 2.88. The second-order valence-electron chi connectivity index (χ2n) is 3.69. The predicted molar refractivity (Wildman–Crippen MR) is 79.9 cm³/mol. The maximum Gasteiger partial charge on any atom is 0.201 e. The fraction of sp³-hybridized carbons (Fsp3) is 0.308. The van der Waals surface area contributed by atoms with Crippen molar-refractivity contribution in [3.8, 4) is 0 Å². The number of halogens is 1. The Bertz CT molecular complexity index is 529. The SMILES string of the molecule is COC(OC)c1csc(CSc2ccccc2Cl)n1. The molecule has 1 aromatic heterocycles. The first-order valence-electron chi connectivity index (χ1n) is 5.61. The van der Waals surface area contributed by atoms with Gasteiger partial charge in [-0.15, -0.1) is 23.1 Å². The molecule has 102 valence electrons. The minimum atomic E-state index is -0.393. The van der Waals surface area contributed by atoms with Gasteiger partial charge in [-0.3, -0.25) is 0 Å². The molecule has 0 spiro atoms. The first-order valence-corrected chi connectivity index (χ1v) is 7.86. The lowest BCUT2D eigenvalue weighted by Gasteiger charge is -2.09. The van der Waals surface area contributed by atoms with E-state index in [0.717, 1.165) is 26.4 Å². The van der Waals surface area contributed by atoms with Crippen LogP contribution in [0.25, 0.3) is 0 Å². The van der Waals surface area contributed by atoms with E-state index in [1.165, 1.54) is 0 Å². The molecule has 2 rings (SSSR count). The summed E-state index contributed by atoms with van der Waals surface area (Å²) in [5, 5.41) is 3.76. The van der Waals surface area contributed by atoms with Crippen LogP contribution < -0.4 is 0 Å². The van der Waals surface area contributed by atoms with Crippen LogP contribution in [0.1, 0.15) is 17.0 Å². The van der Waals surface area contributed by atoms with Crippen molar-refractivity contribution < 1.29 is 9.47 Å². The number of thioether (sulfide) groups is 1. The van der Waals surface area contributed by atoms with Gasteiger partial charge in [0.15, 0.2) is 0 Å². The molecule has 1 aromatic carbocycles. The Morgan fingerprint density at radius 2 is 2.05 bits per heavy atom. The van der Waals surface area contributed by atoms with Crippen LogP contribution in [0.15, 0.2) is 34.5 Å². The van der Waals surface area contributed by atoms with Gasteiger partial charge in [0.05, 0.1) is 10.8 Å². The molecule has 0 saturated carbocycles. The third-order valence-corrected chi connectivity index (χ3v) is 5.00. The van der Waals surface area contributed by atoms with Gasteiger partial charge in [0, 0.05) is 24.5 Å². The van der Waals surface area contributed by atoms with Crippen molar-refractivity contribution in [1.29, 1.82) is 0 Å². The zero-order valence-corrected chi connectivity index (χ0v) is 13.0. The second kappa shape index (κ2) is 7.26. The first kappa shape index (κ1) is 14.8. The van der Waals surface area contributed by atoms with E-state index in [1.807, 2.05) is 29.6 Å². The largest absolute Gasteiger partial charge is 0.350 e. The Balaban J connectivity index is 1.99. The molecular formula is C13H14ClNO2S2. The number of benzene rings is 1. The number of aromatic nitrogens is 1. The van der Waals surface area contributed by atoms with Gasteiger partial charge < -0.3 is 9.47 Å². The maximum absolute atomic E-state index is 6.11. The topological polar surface area (TPSA) is 31.4 Å². The van der Waals surface area contributed by atoms with Crippen LogP contribution in [-0.4, -0.2) is 19.2 Å². The summed E-state index contributed by atoms with van der Waals surface area (Å²) in [5.74, 6) is 0.786. The summed E-state index contributed by atoms with van der Waals surface area (Å²) in [6, 6.07) is 7.81. The van der Waals surface area contributed by atoms with E-state index in [0.29, 0.717) is 0 Å². The number of thiazole rings is 1. The lowest BCUT2D eigenvalue weighted by atomic mass is 10.4. The van der Waals surface area contributed by atoms with E-state index in [9.17, 15) is 0 Å². The maximum atomic E-state index is 6.11. The number of rotatable bonds is 6. The molecule has 0 bridgehead atoms. The van der Waals surface area contributed by atoms with Crippen molar-refractivity contribution in [2.75, 3.05) is 14.2 Å². The molecule has 0 aliphatic heterocycles. The van der Waals surface area contributed by atoms with Crippen molar-refractivity contribution >= 4 is 34.7 Å². The third-order valence-electron chi connectivity index (χ3n) is 2.43. The summed E-state index contributed by atoms with van der Waals surface area (Å²) < 4.78 is 10.3. The Labute approximate surface area is 125 Å². The van der Waals surface area contributed by atoms with Crippen molar-refractivity contribution in [2.45, 2.75) is 16.9 Å². The van der Waals surface area contributed by atoms with Crippen molar-refractivity contribution in [3.05, 3.63) is 45.4 Å². The van der Waals surface area contributed by atoms with Crippen LogP contribution in [-0.2, 0) is 15.2 Å². The lowest BCUT2D eigenvalue weighted by molar-refractivity contribution is -0.108. The molecule has 19 heavy (non-hydrogen) atoms. The summed E-state index contributed by atoms with van der Waals surface area (Å²) in [7, 11) is 3.21. The molecule has 6 heteroatoms. The van der Waals surface area contributed by atoms with E-state index < -0.39 is 6.29 Å². The van der Waals surface area contributed by atoms with Gasteiger partial charge >= 0.3 is 0 Å². The Hall–Kier alpha value is -0.590. The Kier molecular flexibility index (Phi) is 5.66. The minimum absolute atomic E-state index is 0.393. The summed E-state index contributed by atoms with van der Waals surface area (Å²) >= 11 is 9.39. The van der Waals surface area contributed by atoms with E-state index in [-0.39, 0.29) is 0 Å². The molecule has 0 unspecified atom stereocenters. The van der Waals surface area contributed by atoms with Crippen molar-refractivity contribution in [3.63, 3.8) is 0 Å². The zero-order valence-electron chi connectivity index (χ0n) is 10.6. The highest BCUT2D eigenvalue weighted by Gasteiger charge is 2.13. The smallest absolute Gasteiger partial charge is 0.201 e. The molecule has 3 nitrogen and oxygen atoms in total. The summed E-state index contributed by atoms with van der Waals surface area (Å²) in [6.07, 6.45) is -0.393. The van der Waals surface area contributed by atoms with Gasteiger partial charge in [0.2, 0.25) is 6.29 Å². The number of methoxy groups -OCH3 is 2. The number of hydrogen-bond acceptors (Lipinski definition) is 5. The second-order valence-corrected chi connectivity index (χ2v) is 6.06. The van der Waals surface area contributed by atoms with Gasteiger partial charge in [0.1, 0.15) is 10.7 Å².